The molecule has 0 saturated carbocycles. The Hall–Kier alpha value is -2.68. The fourth-order valence-corrected chi connectivity index (χ4v) is 1.73. The average Bonchev–Trinajstić information content (AvgIpc) is 2.49. The number of rotatable bonds is 4. The first-order valence-electron chi connectivity index (χ1n) is 6.41. The van der Waals surface area contributed by atoms with Gasteiger partial charge in [0.15, 0.2) is 0 Å². The molecular formula is C17H16N2O. The number of carbonyl (C=O) groups is 1. The zero-order valence-corrected chi connectivity index (χ0v) is 11.3. The van der Waals surface area contributed by atoms with Gasteiger partial charge >= 0.3 is 0 Å². The first-order valence-corrected chi connectivity index (χ1v) is 6.41. The summed E-state index contributed by atoms with van der Waals surface area (Å²) in [5.41, 5.74) is 2.61. The monoisotopic (exact) mass is 264 g/mol. The number of nitrogens with one attached hydrogen (secondary N) is 1. The predicted octanol–water partition coefficient (Wildman–Crippen LogP) is 3.82. The van der Waals surface area contributed by atoms with Gasteiger partial charge in [-0.1, -0.05) is 36.4 Å². The Balaban J connectivity index is 2.13. The summed E-state index contributed by atoms with van der Waals surface area (Å²) in [4.78, 5) is 16.0. The fourth-order valence-electron chi connectivity index (χ4n) is 1.73. The lowest BCUT2D eigenvalue weighted by Gasteiger charge is -2.05. The summed E-state index contributed by atoms with van der Waals surface area (Å²) in [7, 11) is 0. The van der Waals surface area contributed by atoms with E-state index in [1.165, 1.54) is 6.08 Å². The van der Waals surface area contributed by atoms with Crippen molar-refractivity contribution in [3.8, 4) is 11.3 Å². The van der Waals surface area contributed by atoms with Crippen molar-refractivity contribution < 1.29 is 4.79 Å². The highest BCUT2D eigenvalue weighted by molar-refractivity contribution is 5.99. The van der Waals surface area contributed by atoms with E-state index in [1.54, 1.807) is 12.3 Å². The SMILES string of the molecule is C/C=C/C=C/C(=O)Nc1cccc(-c2ccccn2)c1. The number of anilines is 1. The second-order valence-corrected chi connectivity index (χ2v) is 4.17. The van der Waals surface area contributed by atoms with Gasteiger partial charge in [0.05, 0.1) is 5.69 Å². The molecule has 0 fully saturated rings. The van der Waals surface area contributed by atoms with Crippen LogP contribution in [0, 0.1) is 0 Å². The van der Waals surface area contributed by atoms with Gasteiger partial charge < -0.3 is 5.32 Å². The number of allylic oxidation sites excluding steroid dienone is 3. The van der Waals surface area contributed by atoms with E-state index >= 15 is 0 Å². The molecule has 0 unspecified atom stereocenters. The number of nitrogens with zero attached hydrogens (tertiary/aromatic N) is 1. The maximum absolute atomic E-state index is 11.7. The van der Waals surface area contributed by atoms with Crippen LogP contribution < -0.4 is 5.32 Å². The van der Waals surface area contributed by atoms with Crippen molar-refractivity contribution in [1.29, 1.82) is 0 Å². The Bertz CT molecular complexity index is 630. The Labute approximate surface area is 118 Å². The van der Waals surface area contributed by atoms with Gasteiger partial charge in [-0.2, -0.15) is 0 Å². The molecule has 0 bridgehead atoms. The zero-order valence-electron chi connectivity index (χ0n) is 11.3. The van der Waals surface area contributed by atoms with Gasteiger partial charge in [-0.15, -0.1) is 0 Å². The van der Waals surface area contributed by atoms with E-state index in [0.717, 1.165) is 16.9 Å². The molecule has 1 N–H and O–H groups in total. The van der Waals surface area contributed by atoms with Gasteiger partial charge in [0, 0.05) is 23.5 Å². The summed E-state index contributed by atoms with van der Waals surface area (Å²) >= 11 is 0. The van der Waals surface area contributed by atoms with Crippen LogP contribution >= 0.6 is 0 Å². The van der Waals surface area contributed by atoms with Crippen LogP contribution in [-0.2, 0) is 4.79 Å². The number of hydrogen-bond donors (Lipinski definition) is 1. The highest BCUT2D eigenvalue weighted by atomic mass is 16.1. The third kappa shape index (κ3) is 3.92. The van der Waals surface area contributed by atoms with Crippen LogP contribution in [0.3, 0.4) is 0 Å². The Morgan fingerprint density at radius 1 is 1.15 bits per heavy atom. The summed E-state index contributed by atoms with van der Waals surface area (Å²) in [5.74, 6) is -0.152. The van der Waals surface area contributed by atoms with Gasteiger partial charge in [0.25, 0.3) is 0 Å². The molecule has 2 aromatic rings. The lowest BCUT2D eigenvalue weighted by molar-refractivity contribution is -0.111. The van der Waals surface area contributed by atoms with E-state index in [2.05, 4.69) is 10.3 Å². The number of pyridine rings is 1. The fraction of sp³-hybridized carbons (Fsp3) is 0.0588. The minimum absolute atomic E-state index is 0.152. The summed E-state index contributed by atoms with van der Waals surface area (Å²) in [6.45, 7) is 1.90. The van der Waals surface area contributed by atoms with Crippen LogP contribution in [0.2, 0.25) is 0 Å². The van der Waals surface area contributed by atoms with Crippen molar-refractivity contribution in [3.63, 3.8) is 0 Å². The molecular weight excluding hydrogens is 248 g/mol. The minimum Gasteiger partial charge on any atom is -0.322 e. The van der Waals surface area contributed by atoms with Crippen molar-refractivity contribution in [2.45, 2.75) is 6.92 Å². The van der Waals surface area contributed by atoms with Crippen molar-refractivity contribution in [2.24, 2.45) is 0 Å². The van der Waals surface area contributed by atoms with Gasteiger partial charge in [-0.05, 0) is 31.2 Å². The second kappa shape index (κ2) is 7.04. The molecule has 1 heterocycles. The van der Waals surface area contributed by atoms with Crippen LogP contribution in [0.25, 0.3) is 11.3 Å². The molecule has 1 aromatic heterocycles. The van der Waals surface area contributed by atoms with E-state index in [1.807, 2.05) is 61.5 Å². The Kier molecular flexibility index (Phi) is 4.84. The molecule has 0 atom stereocenters. The Morgan fingerprint density at radius 2 is 2.05 bits per heavy atom. The van der Waals surface area contributed by atoms with E-state index in [-0.39, 0.29) is 5.91 Å². The molecule has 1 amide bonds. The van der Waals surface area contributed by atoms with Gasteiger partial charge in [0.1, 0.15) is 0 Å². The molecule has 2 rings (SSSR count). The lowest BCUT2D eigenvalue weighted by Crippen LogP contribution is -2.07. The third-order valence-corrected chi connectivity index (χ3v) is 2.64. The van der Waals surface area contributed by atoms with Crippen LogP contribution in [-0.4, -0.2) is 10.9 Å². The molecule has 0 saturated heterocycles. The topological polar surface area (TPSA) is 42.0 Å². The number of benzene rings is 1. The van der Waals surface area contributed by atoms with Crippen molar-refractivity contribution in [1.82, 2.24) is 4.98 Å². The zero-order chi connectivity index (χ0) is 14.2. The van der Waals surface area contributed by atoms with Gasteiger partial charge in [-0.25, -0.2) is 0 Å². The molecule has 3 heteroatoms. The smallest absolute Gasteiger partial charge is 0.248 e. The van der Waals surface area contributed by atoms with E-state index in [0.29, 0.717) is 0 Å². The number of carbonyl (C=O) groups excluding carboxylic acids is 1. The lowest BCUT2D eigenvalue weighted by atomic mass is 10.1. The van der Waals surface area contributed by atoms with Crippen LogP contribution in [0.15, 0.2) is 73.0 Å². The minimum atomic E-state index is -0.152. The largest absolute Gasteiger partial charge is 0.322 e. The van der Waals surface area contributed by atoms with Crippen molar-refractivity contribution >= 4 is 11.6 Å². The van der Waals surface area contributed by atoms with E-state index in [9.17, 15) is 4.79 Å². The highest BCUT2D eigenvalue weighted by Gasteiger charge is 2.01. The summed E-state index contributed by atoms with van der Waals surface area (Å²) in [6.07, 6.45) is 8.63. The standard InChI is InChI=1S/C17H16N2O/c1-2-3-4-11-17(20)19-15-9-7-8-14(13-15)16-10-5-6-12-18-16/h2-13H,1H3,(H,19,20)/b3-2+,11-4+. The molecule has 20 heavy (non-hydrogen) atoms. The Morgan fingerprint density at radius 3 is 2.80 bits per heavy atom. The maximum Gasteiger partial charge on any atom is 0.248 e. The molecule has 0 radical (unpaired) electrons. The maximum atomic E-state index is 11.7. The first kappa shape index (κ1) is 13.7. The molecule has 0 spiro atoms. The summed E-state index contributed by atoms with van der Waals surface area (Å²) in [6, 6.07) is 13.4. The summed E-state index contributed by atoms with van der Waals surface area (Å²) in [5, 5.41) is 2.82. The number of amides is 1. The quantitative estimate of drug-likeness (QED) is 0.673. The van der Waals surface area contributed by atoms with Crippen molar-refractivity contribution in [3.05, 3.63) is 73.0 Å². The molecule has 100 valence electrons. The number of aromatic nitrogens is 1. The highest BCUT2D eigenvalue weighted by Crippen LogP contribution is 2.20. The molecule has 3 nitrogen and oxygen atoms in total. The van der Waals surface area contributed by atoms with E-state index < -0.39 is 0 Å². The van der Waals surface area contributed by atoms with Crippen LogP contribution in [0.4, 0.5) is 5.69 Å². The molecule has 0 aliphatic heterocycles. The summed E-state index contributed by atoms with van der Waals surface area (Å²) < 4.78 is 0. The molecule has 1 aromatic carbocycles. The molecule has 0 aliphatic rings. The predicted molar refractivity (Wildman–Crippen MR) is 82.3 cm³/mol. The second-order valence-electron chi connectivity index (χ2n) is 4.17. The molecule has 0 aliphatic carbocycles. The van der Waals surface area contributed by atoms with Gasteiger partial charge in [-0.3, -0.25) is 9.78 Å². The van der Waals surface area contributed by atoms with E-state index in [4.69, 9.17) is 0 Å². The van der Waals surface area contributed by atoms with Crippen molar-refractivity contribution in [2.75, 3.05) is 5.32 Å². The average molecular weight is 264 g/mol. The number of hydrogen-bond acceptors (Lipinski definition) is 2. The first-order chi connectivity index (χ1) is 9.79. The third-order valence-electron chi connectivity index (χ3n) is 2.64. The van der Waals surface area contributed by atoms with Gasteiger partial charge in [0.2, 0.25) is 5.91 Å². The van der Waals surface area contributed by atoms with Crippen LogP contribution in [0.1, 0.15) is 6.92 Å². The normalized spacial score (nSPS) is 11.1. The van der Waals surface area contributed by atoms with Crippen LogP contribution in [0.5, 0.6) is 0 Å².